The van der Waals surface area contributed by atoms with Crippen LogP contribution in [0.25, 0.3) is 11.0 Å². The van der Waals surface area contributed by atoms with Gasteiger partial charge < -0.3 is 9.88 Å². The summed E-state index contributed by atoms with van der Waals surface area (Å²) in [4.78, 5) is 16.7. The molecule has 1 amide bonds. The van der Waals surface area contributed by atoms with E-state index < -0.39 is 0 Å². The monoisotopic (exact) mass is 357 g/mol. The minimum absolute atomic E-state index is 0.0340. The molecule has 0 aliphatic carbocycles. The summed E-state index contributed by atoms with van der Waals surface area (Å²) < 4.78 is 2.86. The zero-order chi connectivity index (χ0) is 14.9. The largest absolute Gasteiger partial charge is 0.355 e. The summed E-state index contributed by atoms with van der Waals surface area (Å²) in [5.41, 5.74) is 1.74. The van der Waals surface area contributed by atoms with Crippen LogP contribution in [0, 0.1) is 0 Å². The molecule has 0 saturated carbocycles. The smallest absolute Gasteiger partial charge is 0.242 e. The number of fused-ring (bicyclic) bond motifs is 1. The third kappa shape index (κ3) is 2.83. The minimum Gasteiger partial charge on any atom is -0.355 e. The predicted octanol–water partition coefficient (Wildman–Crippen LogP) is 3.80. The molecule has 1 N–H and O–H groups in total. The first kappa shape index (κ1) is 15.3. The van der Waals surface area contributed by atoms with Gasteiger partial charge in [0.15, 0.2) is 0 Å². The Morgan fingerprint density at radius 1 is 1.50 bits per heavy atom. The number of likely N-dealkylation sites (N-methyl/N-ethyl adjacent to an activating group) is 1. The Bertz CT molecular complexity index is 639. The zero-order valence-corrected chi connectivity index (χ0v) is 14.0. The maximum atomic E-state index is 12.1. The summed E-state index contributed by atoms with van der Waals surface area (Å²) in [7, 11) is 0. The summed E-state index contributed by atoms with van der Waals surface area (Å²) in [5.74, 6) is 0.673. The number of carbonyl (C=O) groups excluding carboxylic acids is 1. The van der Waals surface area contributed by atoms with E-state index in [2.05, 4.69) is 26.2 Å². The summed E-state index contributed by atoms with van der Waals surface area (Å²) in [5, 5.41) is 2.57. The number of alkyl halides is 1. The topological polar surface area (TPSA) is 46.9 Å². The van der Waals surface area contributed by atoms with Crippen LogP contribution in [0.1, 0.15) is 38.0 Å². The van der Waals surface area contributed by atoms with Crippen molar-refractivity contribution in [2.45, 2.75) is 32.2 Å². The normalized spacial score (nSPS) is 14.2. The highest BCUT2D eigenvalue weighted by molar-refractivity contribution is 9.10. The first-order valence-corrected chi connectivity index (χ1v) is 7.77. The molecule has 20 heavy (non-hydrogen) atoms. The van der Waals surface area contributed by atoms with E-state index >= 15 is 0 Å². The van der Waals surface area contributed by atoms with E-state index in [0.717, 1.165) is 15.5 Å². The van der Waals surface area contributed by atoms with Crippen LogP contribution in [0.5, 0.6) is 0 Å². The Kier molecular flexibility index (Phi) is 4.70. The van der Waals surface area contributed by atoms with Crippen LogP contribution in [0.2, 0.25) is 0 Å². The van der Waals surface area contributed by atoms with Crippen molar-refractivity contribution in [2.75, 3.05) is 6.54 Å². The summed E-state index contributed by atoms with van der Waals surface area (Å²) in [6.07, 6.45) is 0. The third-order valence-corrected chi connectivity index (χ3v) is 3.84. The molecule has 0 aliphatic rings. The molecule has 0 spiro atoms. The molecule has 6 heteroatoms. The van der Waals surface area contributed by atoms with Crippen LogP contribution in [-0.4, -0.2) is 22.0 Å². The molecular formula is C14H17BrClN3O. The van der Waals surface area contributed by atoms with E-state index in [4.69, 9.17) is 11.6 Å². The molecule has 2 atom stereocenters. The maximum Gasteiger partial charge on any atom is 0.242 e. The fourth-order valence-electron chi connectivity index (χ4n) is 2.22. The SMILES string of the molecule is CCNC(=O)C(C)n1c(C(C)Cl)nc2cc(Br)ccc21. The van der Waals surface area contributed by atoms with Crippen molar-refractivity contribution >= 4 is 44.5 Å². The molecule has 108 valence electrons. The molecule has 1 heterocycles. The predicted molar refractivity (Wildman–Crippen MR) is 85.1 cm³/mol. The number of amides is 1. The Morgan fingerprint density at radius 3 is 2.80 bits per heavy atom. The average Bonchev–Trinajstić information content (AvgIpc) is 2.76. The third-order valence-electron chi connectivity index (χ3n) is 3.15. The lowest BCUT2D eigenvalue weighted by Gasteiger charge is -2.17. The van der Waals surface area contributed by atoms with Gasteiger partial charge in [0.2, 0.25) is 5.91 Å². The Balaban J connectivity index is 2.59. The van der Waals surface area contributed by atoms with E-state index in [1.165, 1.54) is 0 Å². The molecule has 0 radical (unpaired) electrons. The number of benzene rings is 1. The second-order valence-corrected chi connectivity index (χ2v) is 6.23. The number of carbonyl (C=O) groups is 1. The van der Waals surface area contributed by atoms with Gasteiger partial charge in [-0.05, 0) is 39.0 Å². The highest BCUT2D eigenvalue weighted by atomic mass is 79.9. The summed E-state index contributed by atoms with van der Waals surface area (Å²) in [6.45, 7) is 6.22. The van der Waals surface area contributed by atoms with Crippen LogP contribution >= 0.6 is 27.5 Å². The number of aromatic nitrogens is 2. The van der Waals surface area contributed by atoms with Crippen LogP contribution < -0.4 is 5.32 Å². The van der Waals surface area contributed by atoms with Gasteiger partial charge in [0.1, 0.15) is 11.9 Å². The summed E-state index contributed by atoms with van der Waals surface area (Å²) in [6, 6.07) is 5.47. The lowest BCUT2D eigenvalue weighted by Crippen LogP contribution is -2.31. The number of rotatable bonds is 4. The molecule has 0 saturated heterocycles. The van der Waals surface area contributed by atoms with Crippen molar-refractivity contribution in [1.82, 2.24) is 14.9 Å². The fourth-order valence-corrected chi connectivity index (χ4v) is 2.72. The van der Waals surface area contributed by atoms with Crippen molar-refractivity contribution in [1.29, 1.82) is 0 Å². The van der Waals surface area contributed by atoms with Gasteiger partial charge in [-0.15, -0.1) is 11.6 Å². The molecule has 2 unspecified atom stereocenters. The molecule has 1 aromatic heterocycles. The molecular weight excluding hydrogens is 342 g/mol. The lowest BCUT2D eigenvalue weighted by molar-refractivity contribution is -0.123. The van der Waals surface area contributed by atoms with Gasteiger partial charge in [0.25, 0.3) is 0 Å². The zero-order valence-electron chi connectivity index (χ0n) is 11.7. The summed E-state index contributed by atoms with van der Waals surface area (Å²) >= 11 is 9.65. The number of imidazole rings is 1. The number of hydrogen-bond donors (Lipinski definition) is 1. The van der Waals surface area contributed by atoms with Gasteiger partial charge >= 0.3 is 0 Å². The minimum atomic E-state index is -0.350. The molecule has 2 aromatic rings. The van der Waals surface area contributed by atoms with Crippen LogP contribution in [0.3, 0.4) is 0 Å². The average molecular weight is 359 g/mol. The molecule has 0 fully saturated rings. The molecule has 4 nitrogen and oxygen atoms in total. The lowest BCUT2D eigenvalue weighted by atomic mass is 10.2. The first-order valence-electron chi connectivity index (χ1n) is 6.54. The van der Waals surface area contributed by atoms with Gasteiger partial charge in [0, 0.05) is 11.0 Å². The van der Waals surface area contributed by atoms with E-state index in [1.54, 1.807) is 0 Å². The number of nitrogens with zero attached hydrogens (tertiary/aromatic N) is 2. The molecule has 0 bridgehead atoms. The quantitative estimate of drug-likeness (QED) is 0.845. The highest BCUT2D eigenvalue weighted by Gasteiger charge is 2.23. The fraction of sp³-hybridized carbons (Fsp3) is 0.429. The number of nitrogens with one attached hydrogen (secondary N) is 1. The second kappa shape index (κ2) is 6.14. The van der Waals surface area contributed by atoms with E-state index in [0.29, 0.717) is 12.4 Å². The Hall–Kier alpha value is -1.07. The van der Waals surface area contributed by atoms with E-state index in [9.17, 15) is 4.79 Å². The number of hydrogen-bond acceptors (Lipinski definition) is 2. The van der Waals surface area contributed by atoms with Crippen molar-refractivity contribution in [2.24, 2.45) is 0 Å². The van der Waals surface area contributed by atoms with Crippen molar-refractivity contribution in [3.05, 3.63) is 28.5 Å². The molecule has 1 aromatic carbocycles. The van der Waals surface area contributed by atoms with Crippen LogP contribution in [0.4, 0.5) is 0 Å². The maximum absolute atomic E-state index is 12.1. The van der Waals surface area contributed by atoms with Crippen molar-refractivity contribution in [3.8, 4) is 0 Å². The van der Waals surface area contributed by atoms with E-state index in [-0.39, 0.29) is 17.3 Å². The van der Waals surface area contributed by atoms with Gasteiger partial charge in [0.05, 0.1) is 16.4 Å². The molecule has 2 rings (SSSR count). The number of halogens is 2. The van der Waals surface area contributed by atoms with Crippen LogP contribution in [-0.2, 0) is 4.79 Å². The van der Waals surface area contributed by atoms with Crippen molar-refractivity contribution in [3.63, 3.8) is 0 Å². The van der Waals surface area contributed by atoms with E-state index in [1.807, 2.05) is 43.5 Å². The highest BCUT2D eigenvalue weighted by Crippen LogP contribution is 2.29. The van der Waals surface area contributed by atoms with Gasteiger partial charge in [-0.3, -0.25) is 4.79 Å². The second-order valence-electron chi connectivity index (χ2n) is 4.66. The van der Waals surface area contributed by atoms with Crippen LogP contribution in [0.15, 0.2) is 22.7 Å². The van der Waals surface area contributed by atoms with Gasteiger partial charge in [-0.1, -0.05) is 15.9 Å². The Labute approximate surface area is 131 Å². The van der Waals surface area contributed by atoms with Gasteiger partial charge in [-0.2, -0.15) is 0 Å². The standard InChI is InChI=1S/C14H17BrClN3O/c1-4-17-14(20)9(3)19-12-6-5-10(15)7-11(12)18-13(19)8(2)16/h5-9H,4H2,1-3H3,(H,17,20). The van der Waals surface area contributed by atoms with Crippen molar-refractivity contribution < 1.29 is 4.79 Å². The van der Waals surface area contributed by atoms with Gasteiger partial charge in [-0.25, -0.2) is 4.98 Å². The molecule has 0 aliphatic heterocycles. The first-order chi connectivity index (χ1) is 9.45. The Morgan fingerprint density at radius 2 is 2.20 bits per heavy atom.